The molecule has 1 aliphatic heterocycles. The van der Waals surface area contributed by atoms with Crippen molar-refractivity contribution in [1.82, 2.24) is 34.1 Å². The number of benzene rings is 2. The van der Waals surface area contributed by atoms with Crippen molar-refractivity contribution in [1.29, 1.82) is 0 Å². The third kappa shape index (κ3) is 6.24. The minimum absolute atomic E-state index is 0.0585. The van der Waals surface area contributed by atoms with Crippen LogP contribution in [0.1, 0.15) is 43.5 Å². The first-order chi connectivity index (χ1) is 22.8. The van der Waals surface area contributed by atoms with E-state index in [9.17, 15) is 9.59 Å². The molecule has 2 unspecified atom stereocenters. The molecule has 5 heterocycles. The van der Waals surface area contributed by atoms with Crippen LogP contribution in [0.5, 0.6) is 0 Å². The van der Waals surface area contributed by atoms with Crippen molar-refractivity contribution >= 4 is 23.2 Å². The van der Waals surface area contributed by atoms with E-state index in [0.717, 1.165) is 39.2 Å². The Hall–Kier alpha value is -5.35. The lowest BCUT2D eigenvalue weighted by Crippen LogP contribution is -2.27. The molecule has 10 nitrogen and oxygen atoms in total. The molecule has 0 saturated heterocycles. The first kappa shape index (κ1) is 30.3. The van der Waals surface area contributed by atoms with Crippen molar-refractivity contribution in [3.63, 3.8) is 0 Å². The first-order valence-electron chi connectivity index (χ1n) is 15.6. The summed E-state index contributed by atoms with van der Waals surface area (Å²) >= 11 is 6.47. The van der Waals surface area contributed by atoms with E-state index >= 15 is 0 Å². The van der Waals surface area contributed by atoms with E-state index in [1.54, 1.807) is 34.0 Å². The second-order valence-electron chi connectivity index (χ2n) is 12.0. The second-order valence-corrected chi connectivity index (χ2v) is 12.4. The maximum Gasteiger partial charge on any atom is 0.254 e. The average Bonchev–Trinajstić information content (AvgIpc) is 3.69. The van der Waals surface area contributed by atoms with Gasteiger partial charge >= 0.3 is 0 Å². The number of carbonyl (C=O) groups excluding carboxylic acids is 1. The van der Waals surface area contributed by atoms with Crippen LogP contribution in [0.15, 0.2) is 103 Å². The van der Waals surface area contributed by atoms with Gasteiger partial charge in [0, 0.05) is 53.1 Å². The normalized spacial score (nSPS) is 16.5. The number of nitrogens with one attached hydrogen (secondary N) is 1. The van der Waals surface area contributed by atoms with Gasteiger partial charge in [0.1, 0.15) is 0 Å². The largest absolute Gasteiger partial charge is 0.323 e. The topological polar surface area (TPSA) is 113 Å². The molecule has 11 heteroatoms. The molecule has 0 saturated carbocycles. The number of nitrogens with zero attached hydrogens (tertiary/aromatic N) is 7. The Morgan fingerprint density at radius 2 is 1.77 bits per heavy atom. The smallest absolute Gasteiger partial charge is 0.254 e. The van der Waals surface area contributed by atoms with Crippen molar-refractivity contribution < 1.29 is 4.79 Å². The Morgan fingerprint density at radius 1 is 0.915 bits per heavy atom. The molecule has 4 aromatic heterocycles. The number of halogens is 1. The van der Waals surface area contributed by atoms with E-state index in [4.69, 9.17) is 21.6 Å². The fourth-order valence-electron chi connectivity index (χ4n) is 6.21. The summed E-state index contributed by atoms with van der Waals surface area (Å²) in [5.74, 6) is -0.276. The van der Waals surface area contributed by atoms with Crippen LogP contribution in [0.2, 0.25) is 5.02 Å². The molecule has 0 fully saturated rings. The van der Waals surface area contributed by atoms with Crippen molar-refractivity contribution in [3.8, 4) is 33.6 Å². The van der Waals surface area contributed by atoms with Gasteiger partial charge < -0.3 is 5.32 Å². The van der Waals surface area contributed by atoms with Crippen LogP contribution in [0.25, 0.3) is 33.6 Å². The second kappa shape index (κ2) is 12.8. The highest BCUT2D eigenvalue weighted by Gasteiger charge is 2.24. The van der Waals surface area contributed by atoms with Crippen molar-refractivity contribution in [2.75, 3.05) is 5.32 Å². The fraction of sp³-hybridized carbons (Fsp3) is 0.222. The summed E-state index contributed by atoms with van der Waals surface area (Å²) in [6.07, 6.45) is 10.8. The van der Waals surface area contributed by atoms with Gasteiger partial charge in [-0.25, -0.2) is 4.98 Å². The molecule has 7 rings (SSSR count). The summed E-state index contributed by atoms with van der Waals surface area (Å²) < 4.78 is 5.26. The maximum absolute atomic E-state index is 13.9. The number of fused-ring (bicyclic) bond motifs is 4. The minimum Gasteiger partial charge on any atom is -0.323 e. The van der Waals surface area contributed by atoms with E-state index in [-0.39, 0.29) is 23.4 Å². The molecule has 6 aromatic rings. The lowest BCUT2D eigenvalue weighted by molar-refractivity contribution is -0.119. The van der Waals surface area contributed by atoms with Gasteiger partial charge in [0.2, 0.25) is 5.91 Å². The van der Waals surface area contributed by atoms with Gasteiger partial charge in [-0.05, 0) is 48.2 Å². The Kier molecular flexibility index (Phi) is 8.26. The Morgan fingerprint density at radius 3 is 2.60 bits per heavy atom. The molecule has 2 bridgehead atoms. The van der Waals surface area contributed by atoms with E-state index < -0.39 is 0 Å². The summed E-state index contributed by atoms with van der Waals surface area (Å²) in [5.41, 5.74) is 6.95. The van der Waals surface area contributed by atoms with Crippen LogP contribution >= 0.6 is 11.6 Å². The highest BCUT2D eigenvalue weighted by Crippen LogP contribution is 2.35. The van der Waals surface area contributed by atoms with Crippen molar-refractivity contribution in [3.05, 3.63) is 124 Å². The number of aromatic nitrogens is 7. The number of aryl methyl sites for hydroxylation is 1. The predicted octanol–water partition coefficient (Wildman–Crippen LogP) is 6.62. The van der Waals surface area contributed by atoms with Gasteiger partial charge in [0.15, 0.2) is 0 Å². The highest BCUT2D eigenvalue weighted by atomic mass is 35.5. The summed E-state index contributed by atoms with van der Waals surface area (Å²) in [4.78, 5) is 36.4. The van der Waals surface area contributed by atoms with Crippen LogP contribution in [-0.2, 0) is 18.4 Å². The molecule has 0 spiro atoms. The van der Waals surface area contributed by atoms with Crippen LogP contribution in [0, 0.1) is 5.92 Å². The molecule has 0 radical (unpaired) electrons. The van der Waals surface area contributed by atoms with E-state index in [1.807, 2.05) is 79.6 Å². The van der Waals surface area contributed by atoms with Gasteiger partial charge in [-0.2, -0.15) is 10.2 Å². The Labute approximate surface area is 276 Å². The Balaban J connectivity index is 1.25. The number of hydrogen-bond acceptors (Lipinski definition) is 6. The molecule has 1 aliphatic rings. The number of hydrogen-bond donors (Lipinski definition) is 1. The highest BCUT2D eigenvalue weighted by molar-refractivity contribution is 6.31. The lowest BCUT2D eigenvalue weighted by Gasteiger charge is -2.22. The number of rotatable bonds is 5. The number of pyridine rings is 1. The molecule has 1 amide bonds. The summed E-state index contributed by atoms with van der Waals surface area (Å²) in [7, 11) is 1.84. The standard InChI is InChI=1S/C36H33ClN8O2/c1-23-7-6-10-33(31-15-25(13-14-38-31)35-32(42-36(23)47)19-40-43(35)2)45-22-39-30(17-34(45)46)29-16-27(37)11-12-28(29)26-18-41-44(21-26)20-24-8-4-3-5-9-24/h3-5,8-9,11-19,21-23,33H,6-7,10,20H2,1-2H3,(H,42,47). The van der Waals surface area contributed by atoms with E-state index in [2.05, 4.69) is 27.6 Å². The van der Waals surface area contributed by atoms with E-state index in [1.165, 1.54) is 0 Å². The monoisotopic (exact) mass is 644 g/mol. The van der Waals surface area contributed by atoms with Gasteiger partial charge in [0.25, 0.3) is 5.56 Å². The van der Waals surface area contributed by atoms with Gasteiger partial charge in [-0.15, -0.1) is 0 Å². The zero-order valence-corrected chi connectivity index (χ0v) is 26.8. The van der Waals surface area contributed by atoms with E-state index in [0.29, 0.717) is 42.2 Å². The van der Waals surface area contributed by atoms with Crippen molar-refractivity contribution in [2.24, 2.45) is 13.0 Å². The Bertz CT molecular complexity index is 2130. The van der Waals surface area contributed by atoms with Crippen LogP contribution < -0.4 is 10.9 Å². The number of carbonyl (C=O) groups is 1. The molecule has 2 aromatic carbocycles. The van der Waals surface area contributed by atoms with Crippen molar-refractivity contribution in [2.45, 2.75) is 38.8 Å². The lowest BCUT2D eigenvalue weighted by atomic mass is 9.96. The molecule has 1 N–H and O–H groups in total. The average molecular weight is 645 g/mol. The fourth-order valence-corrected chi connectivity index (χ4v) is 6.39. The third-order valence-electron chi connectivity index (χ3n) is 8.72. The predicted molar refractivity (Wildman–Crippen MR) is 182 cm³/mol. The number of amides is 1. The maximum atomic E-state index is 13.9. The van der Waals surface area contributed by atoms with Gasteiger partial charge in [0.05, 0.1) is 54.1 Å². The molecular weight excluding hydrogens is 612 g/mol. The molecule has 47 heavy (non-hydrogen) atoms. The molecular formula is C36H33ClN8O2. The van der Waals surface area contributed by atoms with Crippen LogP contribution in [0.4, 0.5) is 5.69 Å². The SMILES string of the molecule is CC1CCCC(n2cnc(-c3cc(Cl)ccc3-c3cnn(Cc4ccccc4)c3)cc2=O)c2cc(ccn2)-c2c(cnn2C)NC1=O. The zero-order chi connectivity index (χ0) is 32.5. The first-order valence-corrected chi connectivity index (χ1v) is 16.0. The molecule has 2 atom stereocenters. The third-order valence-corrected chi connectivity index (χ3v) is 8.95. The van der Waals surface area contributed by atoms with Crippen LogP contribution in [-0.4, -0.2) is 40.0 Å². The van der Waals surface area contributed by atoms with Gasteiger partial charge in [-0.1, -0.05) is 61.3 Å². The van der Waals surface area contributed by atoms with Crippen LogP contribution in [0.3, 0.4) is 0 Å². The summed E-state index contributed by atoms with van der Waals surface area (Å²) in [6, 6.07) is 20.7. The summed E-state index contributed by atoms with van der Waals surface area (Å²) in [6.45, 7) is 2.56. The quantitative estimate of drug-likeness (QED) is 0.226. The number of anilines is 1. The van der Waals surface area contributed by atoms with Gasteiger partial charge in [-0.3, -0.25) is 28.5 Å². The summed E-state index contributed by atoms with van der Waals surface area (Å²) in [5, 5.41) is 12.6. The zero-order valence-electron chi connectivity index (χ0n) is 26.0. The minimum atomic E-state index is -0.384. The molecule has 236 valence electrons. The molecule has 0 aliphatic carbocycles.